The van der Waals surface area contributed by atoms with Crippen LogP contribution in [0.3, 0.4) is 0 Å². The van der Waals surface area contributed by atoms with Crippen LogP contribution in [0.2, 0.25) is 0 Å². The van der Waals surface area contributed by atoms with Gasteiger partial charge in [-0.25, -0.2) is 0 Å². The summed E-state index contributed by atoms with van der Waals surface area (Å²) in [5, 5.41) is 13.6. The molecule has 0 fully saturated rings. The summed E-state index contributed by atoms with van der Waals surface area (Å²) in [6, 6.07) is 0. The Morgan fingerprint density at radius 1 is 1.82 bits per heavy atom. The summed E-state index contributed by atoms with van der Waals surface area (Å²) in [5.74, 6) is -0.0318. The van der Waals surface area contributed by atoms with E-state index in [9.17, 15) is 10.1 Å². The monoisotopic (exact) mass is 176 g/mol. The number of rotatable bonds is 3. The Kier molecular flexibility index (Phi) is 2.37. The zero-order chi connectivity index (χ0) is 8.27. The van der Waals surface area contributed by atoms with Crippen molar-refractivity contribution in [1.82, 2.24) is 14.8 Å². The van der Waals surface area contributed by atoms with Crippen LogP contribution in [0.15, 0.2) is 6.33 Å². The van der Waals surface area contributed by atoms with E-state index in [1.165, 1.54) is 11.0 Å². The Morgan fingerprint density at radius 3 is 3.00 bits per heavy atom. The largest absolute Gasteiger partial charge is 0.490 e. The van der Waals surface area contributed by atoms with Crippen molar-refractivity contribution in [2.24, 2.45) is 0 Å². The van der Waals surface area contributed by atoms with Crippen molar-refractivity contribution in [2.45, 2.75) is 6.54 Å². The van der Waals surface area contributed by atoms with Crippen LogP contribution in [0.1, 0.15) is 0 Å². The Hall–Kier alpha value is -1.17. The van der Waals surface area contributed by atoms with E-state index < -0.39 is 10.9 Å². The molecule has 0 aromatic carbocycles. The van der Waals surface area contributed by atoms with E-state index in [4.69, 9.17) is 11.6 Å². The SMILES string of the molecule is O=[N+]([O-])c1ncn(CCCl)n1. The molecule has 0 saturated carbocycles. The molecule has 6 nitrogen and oxygen atoms in total. The van der Waals surface area contributed by atoms with Crippen LogP contribution in [-0.4, -0.2) is 25.6 Å². The maximum atomic E-state index is 10.1. The third kappa shape index (κ3) is 1.87. The molecule has 0 atom stereocenters. The number of nitrogens with zero attached hydrogens (tertiary/aromatic N) is 4. The van der Waals surface area contributed by atoms with Crippen LogP contribution in [0, 0.1) is 10.1 Å². The Bertz CT molecular complexity index is 260. The highest BCUT2D eigenvalue weighted by atomic mass is 35.5. The molecule has 0 amide bonds. The van der Waals surface area contributed by atoms with Gasteiger partial charge in [0, 0.05) is 11.0 Å². The van der Waals surface area contributed by atoms with Crippen molar-refractivity contribution in [3.63, 3.8) is 0 Å². The molecule has 1 rings (SSSR count). The van der Waals surface area contributed by atoms with Crippen molar-refractivity contribution < 1.29 is 4.92 Å². The third-order valence-electron chi connectivity index (χ3n) is 1.00. The molecule has 11 heavy (non-hydrogen) atoms. The first-order chi connectivity index (χ1) is 5.24. The van der Waals surface area contributed by atoms with Crippen molar-refractivity contribution in [3.05, 3.63) is 16.4 Å². The lowest BCUT2D eigenvalue weighted by atomic mass is 10.8. The normalized spacial score (nSPS) is 9.91. The van der Waals surface area contributed by atoms with Crippen molar-refractivity contribution in [1.29, 1.82) is 0 Å². The molecule has 0 aliphatic rings. The second kappa shape index (κ2) is 3.29. The summed E-state index contributed by atoms with van der Waals surface area (Å²) in [6.45, 7) is 0.433. The van der Waals surface area contributed by atoms with Gasteiger partial charge in [-0.05, 0) is 4.92 Å². The number of aromatic nitrogens is 3. The molecule has 0 spiro atoms. The molecule has 7 heteroatoms. The molecule has 0 radical (unpaired) electrons. The number of halogens is 1. The van der Waals surface area contributed by atoms with Crippen LogP contribution in [0.5, 0.6) is 0 Å². The van der Waals surface area contributed by atoms with Gasteiger partial charge in [0.1, 0.15) is 0 Å². The fourth-order valence-corrected chi connectivity index (χ4v) is 0.736. The van der Waals surface area contributed by atoms with Crippen molar-refractivity contribution >= 4 is 17.5 Å². The Morgan fingerprint density at radius 2 is 2.55 bits per heavy atom. The van der Waals surface area contributed by atoms with E-state index in [0.717, 1.165) is 0 Å². The van der Waals surface area contributed by atoms with Crippen LogP contribution >= 0.6 is 11.6 Å². The first-order valence-corrected chi connectivity index (χ1v) is 3.37. The molecular weight excluding hydrogens is 172 g/mol. The van der Waals surface area contributed by atoms with Gasteiger partial charge in [0.15, 0.2) is 0 Å². The number of nitro groups is 1. The molecule has 1 aromatic rings. The van der Waals surface area contributed by atoms with Gasteiger partial charge in [0.05, 0.1) is 6.54 Å². The smallest absolute Gasteiger partial charge is 0.390 e. The van der Waals surface area contributed by atoms with Crippen molar-refractivity contribution in [2.75, 3.05) is 5.88 Å². The molecule has 1 heterocycles. The van der Waals surface area contributed by atoms with E-state index in [-0.39, 0.29) is 0 Å². The minimum atomic E-state index is -0.648. The fourth-order valence-electron chi connectivity index (χ4n) is 0.563. The molecule has 0 unspecified atom stereocenters. The van der Waals surface area contributed by atoms with Gasteiger partial charge in [-0.15, -0.1) is 11.6 Å². The van der Waals surface area contributed by atoms with Gasteiger partial charge >= 0.3 is 5.95 Å². The van der Waals surface area contributed by atoms with E-state index in [2.05, 4.69) is 10.1 Å². The minimum absolute atomic E-state index is 0.362. The standard InChI is InChI=1S/C4H5ClN4O2/c5-1-2-8-3-6-4(7-8)9(10)11/h3H,1-2H2. The number of hydrogen-bond donors (Lipinski definition) is 0. The Balaban J connectivity index is 2.73. The zero-order valence-corrected chi connectivity index (χ0v) is 6.23. The first kappa shape index (κ1) is 7.93. The van der Waals surface area contributed by atoms with E-state index >= 15 is 0 Å². The summed E-state index contributed by atoms with van der Waals surface area (Å²) in [5.41, 5.74) is 0. The quantitative estimate of drug-likeness (QED) is 0.380. The second-order valence-electron chi connectivity index (χ2n) is 1.75. The predicted molar refractivity (Wildman–Crippen MR) is 37.4 cm³/mol. The summed E-state index contributed by atoms with van der Waals surface area (Å²) in [7, 11) is 0. The minimum Gasteiger partial charge on any atom is -0.390 e. The lowest BCUT2D eigenvalue weighted by Gasteiger charge is -1.86. The van der Waals surface area contributed by atoms with Crippen LogP contribution < -0.4 is 0 Å². The molecule has 0 bridgehead atoms. The molecular formula is C4H5ClN4O2. The second-order valence-corrected chi connectivity index (χ2v) is 2.13. The van der Waals surface area contributed by atoms with Gasteiger partial charge in [0.25, 0.3) is 0 Å². The zero-order valence-electron chi connectivity index (χ0n) is 5.47. The van der Waals surface area contributed by atoms with Gasteiger partial charge in [-0.2, -0.15) is 4.68 Å². The van der Waals surface area contributed by atoms with E-state index in [0.29, 0.717) is 12.4 Å². The molecule has 0 N–H and O–H groups in total. The molecule has 0 saturated heterocycles. The number of hydrogen-bond acceptors (Lipinski definition) is 4. The first-order valence-electron chi connectivity index (χ1n) is 2.84. The van der Waals surface area contributed by atoms with Crippen LogP contribution in [0.25, 0.3) is 0 Å². The van der Waals surface area contributed by atoms with Crippen molar-refractivity contribution in [3.8, 4) is 0 Å². The van der Waals surface area contributed by atoms with Crippen LogP contribution in [-0.2, 0) is 6.54 Å². The number of aryl methyl sites for hydroxylation is 1. The summed E-state index contributed by atoms with van der Waals surface area (Å²) in [4.78, 5) is 12.8. The highest BCUT2D eigenvalue weighted by Crippen LogP contribution is 1.99. The molecule has 0 aliphatic carbocycles. The van der Waals surface area contributed by atoms with Gasteiger partial charge in [-0.3, -0.25) is 0 Å². The fraction of sp³-hybridized carbons (Fsp3) is 0.500. The third-order valence-corrected chi connectivity index (χ3v) is 1.17. The average molecular weight is 177 g/mol. The highest BCUT2D eigenvalue weighted by molar-refractivity contribution is 6.17. The topological polar surface area (TPSA) is 73.8 Å². The maximum Gasteiger partial charge on any atom is 0.490 e. The van der Waals surface area contributed by atoms with Gasteiger partial charge < -0.3 is 10.1 Å². The summed E-state index contributed by atoms with van der Waals surface area (Å²) < 4.78 is 1.32. The summed E-state index contributed by atoms with van der Waals surface area (Å²) >= 11 is 5.37. The molecule has 1 aromatic heterocycles. The van der Waals surface area contributed by atoms with E-state index in [1.807, 2.05) is 0 Å². The van der Waals surface area contributed by atoms with Crippen LogP contribution in [0.4, 0.5) is 5.95 Å². The maximum absolute atomic E-state index is 10.1. The van der Waals surface area contributed by atoms with Gasteiger partial charge in [0.2, 0.25) is 6.33 Å². The lowest BCUT2D eigenvalue weighted by molar-refractivity contribution is -0.394. The average Bonchev–Trinajstić information content (AvgIpc) is 2.37. The van der Waals surface area contributed by atoms with Gasteiger partial charge in [-0.1, -0.05) is 4.98 Å². The Labute approximate surface area is 66.9 Å². The predicted octanol–water partition coefficient (Wildman–Crippen LogP) is 0.425. The highest BCUT2D eigenvalue weighted by Gasteiger charge is 2.11. The number of alkyl halides is 1. The summed E-state index contributed by atoms with van der Waals surface area (Å²) in [6.07, 6.45) is 1.28. The molecule has 60 valence electrons. The lowest BCUT2D eigenvalue weighted by Crippen LogP contribution is -2.00. The van der Waals surface area contributed by atoms with E-state index in [1.54, 1.807) is 0 Å². The molecule has 0 aliphatic heterocycles.